The van der Waals surface area contributed by atoms with Crippen LogP contribution in [0.5, 0.6) is 0 Å². The van der Waals surface area contributed by atoms with E-state index in [1.54, 1.807) is 10.9 Å². The molecule has 2 rings (SSSR count). The van der Waals surface area contributed by atoms with Crippen molar-refractivity contribution in [2.45, 2.75) is 13.3 Å². The Kier molecular flexibility index (Phi) is 2.51. The Morgan fingerprint density at radius 3 is 3.00 bits per heavy atom. The molecule has 7 heteroatoms. The zero-order chi connectivity index (χ0) is 9.97. The van der Waals surface area contributed by atoms with Crippen LogP contribution in [0.15, 0.2) is 6.20 Å². The van der Waals surface area contributed by atoms with Crippen LogP contribution < -0.4 is 5.73 Å². The molecule has 0 fully saturated rings. The first-order chi connectivity index (χ1) is 6.81. The topological polar surface area (TPSA) is 82.5 Å². The average Bonchev–Trinajstić information content (AvgIpc) is 2.74. The maximum atomic E-state index is 5.47. The van der Waals surface area contributed by atoms with Gasteiger partial charge in [-0.2, -0.15) is 4.68 Å². The molecule has 74 valence electrons. The molecule has 0 spiro atoms. The van der Waals surface area contributed by atoms with Gasteiger partial charge in [0.05, 0.1) is 11.9 Å². The molecule has 0 aliphatic heterocycles. The van der Waals surface area contributed by atoms with Gasteiger partial charge in [-0.1, -0.05) is 16.6 Å². The average molecular weight is 210 g/mol. The van der Waals surface area contributed by atoms with E-state index in [-0.39, 0.29) is 0 Å². The summed E-state index contributed by atoms with van der Waals surface area (Å²) in [5.74, 6) is 0. The van der Waals surface area contributed by atoms with Gasteiger partial charge in [0.2, 0.25) is 5.13 Å². The molecule has 2 heterocycles. The normalized spacial score (nSPS) is 10.7. The molecule has 2 aromatic rings. The lowest BCUT2D eigenvalue weighted by Crippen LogP contribution is -2.08. The van der Waals surface area contributed by atoms with Crippen molar-refractivity contribution in [3.8, 4) is 5.13 Å². The van der Waals surface area contributed by atoms with Gasteiger partial charge in [0.1, 0.15) is 5.01 Å². The van der Waals surface area contributed by atoms with Gasteiger partial charge in [0.15, 0.2) is 0 Å². The summed E-state index contributed by atoms with van der Waals surface area (Å²) < 4.78 is 1.68. The third kappa shape index (κ3) is 1.64. The maximum absolute atomic E-state index is 5.47. The summed E-state index contributed by atoms with van der Waals surface area (Å²) in [6.45, 7) is 2.48. The van der Waals surface area contributed by atoms with Crippen LogP contribution in [0.4, 0.5) is 0 Å². The number of hydrogen-bond acceptors (Lipinski definition) is 6. The maximum Gasteiger partial charge on any atom is 0.234 e. The molecule has 0 saturated heterocycles. The second-order valence-electron chi connectivity index (χ2n) is 2.78. The summed E-state index contributed by atoms with van der Waals surface area (Å²) in [5, 5.41) is 17.3. The third-order valence-electron chi connectivity index (χ3n) is 1.72. The minimum atomic E-state index is 0.575. The third-order valence-corrected chi connectivity index (χ3v) is 2.53. The summed E-state index contributed by atoms with van der Waals surface area (Å²) in [6, 6.07) is 0. The Morgan fingerprint density at radius 2 is 2.36 bits per heavy atom. The lowest BCUT2D eigenvalue weighted by molar-refractivity contribution is 0.740. The van der Waals surface area contributed by atoms with Crippen molar-refractivity contribution in [3.63, 3.8) is 0 Å². The summed E-state index contributed by atoms with van der Waals surface area (Å²) in [5.41, 5.74) is 6.43. The smallest absolute Gasteiger partial charge is 0.234 e. The molecule has 0 radical (unpaired) electrons. The standard InChI is InChI=1S/C7H10N6S/c1-5-10-11-7(14-5)13-6(2-3-8)4-9-12-13/h4H,2-3,8H2,1H3. The second-order valence-corrected chi connectivity index (χ2v) is 3.94. The van der Waals surface area contributed by atoms with Crippen LogP contribution in [-0.2, 0) is 6.42 Å². The lowest BCUT2D eigenvalue weighted by atomic mass is 10.3. The number of nitrogens with two attached hydrogens (primary N) is 1. The first-order valence-electron chi connectivity index (χ1n) is 4.21. The van der Waals surface area contributed by atoms with Gasteiger partial charge in [-0.15, -0.1) is 15.3 Å². The fourth-order valence-electron chi connectivity index (χ4n) is 1.11. The lowest BCUT2D eigenvalue weighted by Gasteiger charge is -1.98. The molecule has 0 atom stereocenters. The Morgan fingerprint density at radius 1 is 1.50 bits per heavy atom. The Bertz CT molecular complexity index is 419. The second kappa shape index (κ2) is 3.81. The number of aromatic nitrogens is 5. The molecule has 14 heavy (non-hydrogen) atoms. The summed E-state index contributed by atoms with van der Waals surface area (Å²) in [7, 11) is 0. The van der Waals surface area contributed by atoms with E-state index >= 15 is 0 Å². The first kappa shape index (κ1) is 9.22. The molecule has 2 N–H and O–H groups in total. The van der Waals surface area contributed by atoms with Crippen LogP contribution >= 0.6 is 11.3 Å². The van der Waals surface area contributed by atoms with Gasteiger partial charge in [-0.3, -0.25) is 0 Å². The van der Waals surface area contributed by atoms with Crippen molar-refractivity contribution < 1.29 is 0 Å². The predicted octanol–water partition coefficient (Wildman–Crippen LogP) is -0.0716. The van der Waals surface area contributed by atoms with Crippen LogP contribution in [0, 0.1) is 6.92 Å². The van der Waals surface area contributed by atoms with Crippen molar-refractivity contribution in [3.05, 3.63) is 16.9 Å². The van der Waals surface area contributed by atoms with Crippen molar-refractivity contribution in [1.29, 1.82) is 0 Å². The molecule has 0 amide bonds. The molecule has 0 bridgehead atoms. The van der Waals surface area contributed by atoms with Crippen molar-refractivity contribution in [2.75, 3.05) is 6.54 Å². The van der Waals surface area contributed by atoms with E-state index in [9.17, 15) is 0 Å². The van der Waals surface area contributed by atoms with Gasteiger partial charge < -0.3 is 5.73 Å². The molecular weight excluding hydrogens is 200 g/mol. The predicted molar refractivity (Wildman–Crippen MR) is 52.3 cm³/mol. The van der Waals surface area contributed by atoms with E-state index < -0.39 is 0 Å². The van der Waals surface area contributed by atoms with Gasteiger partial charge in [-0.05, 0) is 13.5 Å². The Labute approximate surface area is 84.8 Å². The number of nitrogens with zero attached hydrogens (tertiary/aromatic N) is 5. The molecule has 0 unspecified atom stereocenters. The highest BCUT2D eigenvalue weighted by atomic mass is 32.1. The first-order valence-corrected chi connectivity index (χ1v) is 5.03. The van der Waals surface area contributed by atoms with E-state index in [0.717, 1.165) is 22.3 Å². The number of rotatable bonds is 3. The van der Waals surface area contributed by atoms with E-state index in [4.69, 9.17) is 5.73 Å². The van der Waals surface area contributed by atoms with Crippen LogP contribution in [0.25, 0.3) is 5.13 Å². The zero-order valence-corrected chi connectivity index (χ0v) is 8.53. The van der Waals surface area contributed by atoms with Gasteiger partial charge >= 0.3 is 0 Å². The molecule has 0 aromatic carbocycles. The minimum Gasteiger partial charge on any atom is -0.330 e. The molecule has 0 aliphatic rings. The minimum absolute atomic E-state index is 0.575. The molecular formula is C7H10N6S. The van der Waals surface area contributed by atoms with Crippen LogP contribution in [0.1, 0.15) is 10.7 Å². The highest BCUT2D eigenvalue weighted by Crippen LogP contribution is 2.14. The largest absolute Gasteiger partial charge is 0.330 e. The molecule has 6 nitrogen and oxygen atoms in total. The Hall–Kier alpha value is -1.34. The SMILES string of the molecule is Cc1nnc(-n2nncc2CCN)s1. The van der Waals surface area contributed by atoms with Crippen LogP contribution in [0.3, 0.4) is 0 Å². The highest BCUT2D eigenvalue weighted by Gasteiger charge is 2.09. The van der Waals surface area contributed by atoms with Crippen LogP contribution in [-0.4, -0.2) is 31.7 Å². The van der Waals surface area contributed by atoms with Gasteiger partial charge in [0, 0.05) is 6.42 Å². The summed E-state index contributed by atoms with van der Waals surface area (Å²) >= 11 is 1.48. The fraction of sp³-hybridized carbons (Fsp3) is 0.429. The molecule has 0 saturated carbocycles. The van der Waals surface area contributed by atoms with Crippen molar-refractivity contribution >= 4 is 11.3 Å². The highest BCUT2D eigenvalue weighted by molar-refractivity contribution is 7.13. The van der Waals surface area contributed by atoms with Crippen molar-refractivity contribution in [2.24, 2.45) is 5.73 Å². The van der Waals surface area contributed by atoms with E-state index in [1.807, 2.05) is 6.92 Å². The quantitative estimate of drug-likeness (QED) is 0.766. The van der Waals surface area contributed by atoms with E-state index in [1.165, 1.54) is 11.3 Å². The summed E-state index contributed by atoms with van der Waals surface area (Å²) in [4.78, 5) is 0. The monoisotopic (exact) mass is 210 g/mol. The van der Waals surface area contributed by atoms with Crippen molar-refractivity contribution in [1.82, 2.24) is 25.2 Å². The summed E-state index contributed by atoms with van der Waals surface area (Å²) in [6.07, 6.45) is 2.44. The zero-order valence-electron chi connectivity index (χ0n) is 7.71. The van der Waals surface area contributed by atoms with E-state index in [0.29, 0.717) is 6.54 Å². The number of hydrogen-bond donors (Lipinski definition) is 1. The van der Waals surface area contributed by atoms with E-state index in [2.05, 4.69) is 20.5 Å². The van der Waals surface area contributed by atoms with Gasteiger partial charge in [0.25, 0.3) is 0 Å². The number of aryl methyl sites for hydroxylation is 1. The van der Waals surface area contributed by atoms with Crippen LogP contribution in [0.2, 0.25) is 0 Å². The fourth-order valence-corrected chi connectivity index (χ4v) is 1.78. The molecule has 0 aliphatic carbocycles. The Balaban J connectivity index is 2.36. The van der Waals surface area contributed by atoms with Gasteiger partial charge in [-0.25, -0.2) is 0 Å². The molecule has 2 aromatic heterocycles.